The molecular formula is C14H20N4OS. The third-order valence-corrected chi connectivity index (χ3v) is 3.62. The van der Waals surface area contributed by atoms with Crippen molar-refractivity contribution in [1.82, 2.24) is 14.8 Å². The number of rotatable bonds is 4. The third-order valence-electron chi connectivity index (χ3n) is 2.86. The van der Waals surface area contributed by atoms with Gasteiger partial charge in [0.2, 0.25) is 5.91 Å². The summed E-state index contributed by atoms with van der Waals surface area (Å²) in [5.74, 6) is -0.0343. The number of hydrogen-bond donors (Lipinski definition) is 1. The van der Waals surface area contributed by atoms with Gasteiger partial charge in [-0.25, -0.2) is 4.98 Å². The Balaban J connectivity index is 1.87. The second-order valence-electron chi connectivity index (χ2n) is 5.81. The van der Waals surface area contributed by atoms with Gasteiger partial charge in [-0.15, -0.1) is 11.3 Å². The molecule has 2 heterocycles. The maximum Gasteiger partial charge on any atom is 0.228 e. The normalized spacial score (nSPS) is 11.6. The molecule has 108 valence electrons. The third kappa shape index (κ3) is 3.90. The number of nitrogens with one attached hydrogen (secondary N) is 1. The monoisotopic (exact) mass is 292 g/mol. The molecule has 0 aliphatic heterocycles. The summed E-state index contributed by atoms with van der Waals surface area (Å²) in [5, 5.41) is 9.74. The molecule has 1 amide bonds. The van der Waals surface area contributed by atoms with Gasteiger partial charge in [0.05, 0.1) is 11.4 Å². The number of anilines is 1. The van der Waals surface area contributed by atoms with Crippen molar-refractivity contribution in [2.24, 2.45) is 0 Å². The first-order valence-corrected chi connectivity index (χ1v) is 7.48. The van der Waals surface area contributed by atoms with Crippen molar-refractivity contribution in [3.8, 4) is 0 Å². The lowest BCUT2D eigenvalue weighted by Gasteiger charge is -2.14. The van der Waals surface area contributed by atoms with Crippen LogP contribution in [0.5, 0.6) is 0 Å². The predicted octanol–water partition coefficient (Wildman–Crippen LogP) is 2.97. The van der Waals surface area contributed by atoms with Crippen LogP contribution in [-0.2, 0) is 16.8 Å². The highest BCUT2D eigenvalue weighted by molar-refractivity contribution is 7.13. The van der Waals surface area contributed by atoms with E-state index in [9.17, 15) is 4.79 Å². The van der Waals surface area contributed by atoms with Crippen molar-refractivity contribution in [2.75, 3.05) is 5.32 Å². The van der Waals surface area contributed by atoms with Crippen molar-refractivity contribution < 1.29 is 4.79 Å². The average Bonchev–Trinajstić information content (AvgIpc) is 2.95. The Kier molecular flexibility index (Phi) is 4.23. The zero-order valence-corrected chi connectivity index (χ0v) is 13.1. The number of aryl methyl sites for hydroxylation is 2. The van der Waals surface area contributed by atoms with Crippen LogP contribution in [0.25, 0.3) is 0 Å². The Morgan fingerprint density at radius 2 is 2.20 bits per heavy atom. The summed E-state index contributed by atoms with van der Waals surface area (Å²) in [6.45, 7) is 8.83. The van der Waals surface area contributed by atoms with Gasteiger partial charge in [0.1, 0.15) is 0 Å². The second kappa shape index (κ2) is 5.75. The van der Waals surface area contributed by atoms with Crippen LogP contribution in [0.3, 0.4) is 0 Å². The maximum atomic E-state index is 11.9. The van der Waals surface area contributed by atoms with Crippen LogP contribution in [0.1, 0.15) is 38.6 Å². The molecule has 6 heteroatoms. The number of carbonyl (C=O) groups is 1. The summed E-state index contributed by atoms with van der Waals surface area (Å²) in [5.41, 5.74) is 1.96. The van der Waals surface area contributed by atoms with Gasteiger partial charge in [0.25, 0.3) is 0 Å². The van der Waals surface area contributed by atoms with Crippen LogP contribution in [0.15, 0.2) is 17.6 Å². The van der Waals surface area contributed by atoms with E-state index >= 15 is 0 Å². The minimum atomic E-state index is -0.0343. The van der Waals surface area contributed by atoms with Gasteiger partial charge in [-0.2, -0.15) is 5.10 Å². The first-order chi connectivity index (χ1) is 9.34. The quantitative estimate of drug-likeness (QED) is 0.942. The van der Waals surface area contributed by atoms with E-state index in [-0.39, 0.29) is 11.3 Å². The zero-order chi connectivity index (χ0) is 14.8. The summed E-state index contributed by atoms with van der Waals surface area (Å²) in [6.07, 6.45) is 2.27. The summed E-state index contributed by atoms with van der Waals surface area (Å²) >= 11 is 1.47. The van der Waals surface area contributed by atoms with Crippen LogP contribution in [0.4, 0.5) is 5.13 Å². The molecule has 2 aromatic heterocycles. The topological polar surface area (TPSA) is 59.8 Å². The Labute approximate surface area is 123 Å². The van der Waals surface area contributed by atoms with Crippen LogP contribution >= 0.6 is 11.3 Å². The van der Waals surface area contributed by atoms with Gasteiger partial charge in [-0.05, 0) is 13.0 Å². The molecule has 0 saturated carbocycles. The molecular weight excluding hydrogens is 272 g/mol. The van der Waals surface area contributed by atoms with Crippen LogP contribution < -0.4 is 5.32 Å². The lowest BCUT2D eigenvalue weighted by atomic mass is 9.93. The van der Waals surface area contributed by atoms with Gasteiger partial charge >= 0.3 is 0 Å². The fraction of sp³-hybridized carbons (Fsp3) is 0.500. The van der Waals surface area contributed by atoms with Crippen molar-refractivity contribution in [3.05, 3.63) is 29.0 Å². The molecule has 0 fully saturated rings. The van der Waals surface area contributed by atoms with Gasteiger partial charge in [0.15, 0.2) is 5.13 Å². The molecule has 2 rings (SSSR count). The number of thiazole rings is 1. The van der Waals surface area contributed by atoms with E-state index < -0.39 is 0 Å². The molecule has 0 radical (unpaired) electrons. The number of nitrogens with zero attached hydrogens (tertiary/aromatic N) is 3. The molecule has 0 unspecified atom stereocenters. The Morgan fingerprint density at radius 3 is 2.75 bits per heavy atom. The standard InChI is InChI=1S/C14H20N4OS/c1-10-5-7-18(17-10)8-6-12(19)16-13-15-11(9-20-13)14(2,3)4/h5,7,9H,6,8H2,1-4H3,(H,15,16,19). The molecule has 0 bridgehead atoms. The molecule has 0 aliphatic rings. The van der Waals surface area contributed by atoms with Crippen molar-refractivity contribution >= 4 is 22.4 Å². The summed E-state index contributed by atoms with van der Waals surface area (Å²) in [4.78, 5) is 16.3. The van der Waals surface area contributed by atoms with Crippen molar-refractivity contribution in [1.29, 1.82) is 0 Å². The van der Waals surface area contributed by atoms with E-state index in [1.54, 1.807) is 4.68 Å². The minimum absolute atomic E-state index is 0.00602. The van der Waals surface area contributed by atoms with Gasteiger partial charge < -0.3 is 5.32 Å². The lowest BCUT2D eigenvalue weighted by molar-refractivity contribution is -0.116. The molecule has 0 atom stereocenters. The fourth-order valence-corrected chi connectivity index (χ4v) is 2.61. The highest BCUT2D eigenvalue weighted by Gasteiger charge is 2.18. The maximum absolute atomic E-state index is 11.9. The predicted molar refractivity (Wildman–Crippen MR) is 81.0 cm³/mol. The molecule has 20 heavy (non-hydrogen) atoms. The van der Waals surface area contributed by atoms with Crippen molar-refractivity contribution in [2.45, 2.75) is 46.1 Å². The molecule has 0 spiro atoms. The van der Waals surface area contributed by atoms with E-state index in [0.717, 1.165) is 11.4 Å². The molecule has 5 nitrogen and oxygen atoms in total. The second-order valence-corrected chi connectivity index (χ2v) is 6.66. The molecule has 0 saturated heterocycles. The minimum Gasteiger partial charge on any atom is -0.302 e. The largest absolute Gasteiger partial charge is 0.302 e. The molecule has 0 aliphatic carbocycles. The Morgan fingerprint density at radius 1 is 1.45 bits per heavy atom. The SMILES string of the molecule is Cc1ccn(CCC(=O)Nc2nc(C(C)(C)C)cs2)n1. The van der Waals surface area contributed by atoms with Gasteiger partial charge in [-0.3, -0.25) is 9.48 Å². The number of hydrogen-bond acceptors (Lipinski definition) is 4. The van der Waals surface area contributed by atoms with Gasteiger partial charge in [-0.1, -0.05) is 20.8 Å². The summed E-state index contributed by atoms with van der Waals surface area (Å²) < 4.78 is 1.78. The zero-order valence-electron chi connectivity index (χ0n) is 12.3. The molecule has 1 N–H and O–H groups in total. The van der Waals surface area contributed by atoms with E-state index in [1.807, 2.05) is 24.6 Å². The van der Waals surface area contributed by atoms with E-state index in [4.69, 9.17) is 0 Å². The average molecular weight is 292 g/mol. The van der Waals surface area contributed by atoms with Crippen LogP contribution in [0.2, 0.25) is 0 Å². The smallest absolute Gasteiger partial charge is 0.228 e. The molecule has 2 aromatic rings. The van der Waals surface area contributed by atoms with E-state index in [2.05, 4.69) is 36.2 Å². The number of amides is 1. The van der Waals surface area contributed by atoms with Gasteiger partial charge in [0, 0.05) is 30.0 Å². The number of carbonyl (C=O) groups excluding carboxylic acids is 1. The van der Waals surface area contributed by atoms with Crippen LogP contribution in [0, 0.1) is 6.92 Å². The summed E-state index contributed by atoms with van der Waals surface area (Å²) in [7, 11) is 0. The number of aromatic nitrogens is 3. The van der Waals surface area contributed by atoms with Crippen LogP contribution in [-0.4, -0.2) is 20.7 Å². The first kappa shape index (κ1) is 14.7. The lowest BCUT2D eigenvalue weighted by Crippen LogP contribution is -2.16. The summed E-state index contributed by atoms with van der Waals surface area (Å²) in [6, 6.07) is 1.92. The Hall–Kier alpha value is -1.69. The Bertz CT molecular complexity index is 594. The highest BCUT2D eigenvalue weighted by atomic mass is 32.1. The highest BCUT2D eigenvalue weighted by Crippen LogP contribution is 2.26. The van der Waals surface area contributed by atoms with E-state index in [0.29, 0.717) is 18.1 Å². The van der Waals surface area contributed by atoms with Crippen molar-refractivity contribution in [3.63, 3.8) is 0 Å². The molecule has 0 aromatic carbocycles. The fourth-order valence-electron chi connectivity index (χ4n) is 1.66. The van der Waals surface area contributed by atoms with E-state index in [1.165, 1.54) is 11.3 Å². The first-order valence-electron chi connectivity index (χ1n) is 6.60.